The monoisotopic (exact) mass is 212 g/mol. The summed E-state index contributed by atoms with van der Waals surface area (Å²) < 4.78 is 0. The number of nitrogens with zero attached hydrogens (tertiary/aromatic N) is 1. The number of nitrogens with one attached hydrogen (secondary N) is 1. The fraction of sp³-hybridized carbons (Fsp3) is 1.00. The molecular weight excluding hydrogens is 184 g/mol. The summed E-state index contributed by atoms with van der Waals surface area (Å²) >= 11 is 0. The van der Waals surface area contributed by atoms with Crippen molar-refractivity contribution in [1.29, 1.82) is 0 Å². The fourth-order valence-electron chi connectivity index (χ4n) is 2.36. The van der Waals surface area contributed by atoms with Crippen molar-refractivity contribution in [2.75, 3.05) is 20.1 Å². The maximum atomic E-state index is 3.48. The Balaban J connectivity index is 2.45. The van der Waals surface area contributed by atoms with Crippen LogP contribution in [0.15, 0.2) is 0 Å². The van der Waals surface area contributed by atoms with Gasteiger partial charge in [0, 0.05) is 18.6 Å². The summed E-state index contributed by atoms with van der Waals surface area (Å²) in [5.41, 5.74) is 0. The molecule has 0 amide bonds. The summed E-state index contributed by atoms with van der Waals surface area (Å²) in [6.07, 6.45) is 2.88. The molecule has 0 spiro atoms. The van der Waals surface area contributed by atoms with Crippen LogP contribution in [0.25, 0.3) is 0 Å². The Hall–Kier alpha value is -0.0800. The van der Waals surface area contributed by atoms with Crippen LogP contribution in [0.1, 0.15) is 40.5 Å². The second-order valence-corrected chi connectivity index (χ2v) is 5.36. The molecule has 0 aromatic carbocycles. The lowest BCUT2D eigenvalue weighted by Gasteiger charge is -2.36. The van der Waals surface area contributed by atoms with Crippen LogP contribution in [-0.2, 0) is 0 Å². The van der Waals surface area contributed by atoms with Gasteiger partial charge in [0.2, 0.25) is 0 Å². The molecule has 0 heterocycles. The van der Waals surface area contributed by atoms with E-state index in [-0.39, 0.29) is 0 Å². The van der Waals surface area contributed by atoms with Crippen LogP contribution >= 0.6 is 0 Å². The van der Waals surface area contributed by atoms with E-state index in [0.29, 0.717) is 6.04 Å². The van der Waals surface area contributed by atoms with Crippen molar-refractivity contribution in [2.24, 2.45) is 11.8 Å². The molecular formula is C13H28N2. The number of rotatable bonds is 7. The molecule has 0 aromatic rings. The number of hydrogen-bond donors (Lipinski definition) is 1. The maximum Gasteiger partial charge on any atom is 0.0243 e. The van der Waals surface area contributed by atoms with Gasteiger partial charge in [-0.3, -0.25) is 4.90 Å². The van der Waals surface area contributed by atoms with Crippen molar-refractivity contribution in [3.05, 3.63) is 0 Å². The highest BCUT2D eigenvalue weighted by molar-refractivity contribution is 4.88. The van der Waals surface area contributed by atoms with Gasteiger partial charge >= 0.3 is 0 Å². The van der Waals surface area contributed by atoms with Crippen molar-refractivity contribution in [2.45, 2.75) is 52.6 Å². The molecule has 15 heavy (non-hydrogen) atoms. The lowest BCUT2D eigenvalue weighted by Crippen LogP contribution is -2.48. The van der Waals surface area contributed by atoms with E-state index in [1.807, 2.05) is 0 Å². The Kier molecular flexibility index (Phi) is 5.07. The summed E-state index contributed by atoms with van der Waals surface area (Å²) in [4.78, 5) is 2.59. The van der Waals surface area contributed by atoms with Crippen molar-refractivity contribution in [1.82, 2.24) is 10.2 Å². The van der Waals surface area contributed by atoms with E-state index >= 15 is 0 Å². The average molecular weight is 212 g/mol. The normalized spacial score (nSPS) is 21.0. The summed E-state index contributed by atoms with van der Waals surface area (Å²) in [7, 11) is 2.30. The highest BCUT2D eigenvalue weighted by atomic mass is 15.2. The van der Waals surface area contributed by atoms with Crippen LogP contribution < -0.4 is 5.32 Å². The molecule has 1 rings (SSSR count). The molecule has 0 aromatic heterocycles. The average Bonchev–Trinajstić information content (AvgIpc) is 2.99. The van der Waals surface area contributed by atoms with Crippen LogP contribution in [0, 0.1) is 11.8 Å². The molecule has 1 fully saturated rings. The summed E-state index contributed by atoms with van der Waals surface area (Å²) in [6.45, 7) is 11.4. The Labute approximate surface area is 95.4 Å². The first-order chi connectivity index (χ1) is 7.07. The van der Waals surface area contributed by atoms with Crippen LogP contribution in [0.3, 0.4) is 0 Å². The molecule has 2 nitrogen and oxygen atoms in total. The van der Waals surface area contributed by atoms with Crippen LogP contribution in [0.2, 0.25) is 0 Å². The molecule has 0 bridgehead atoms. The number of likely N-dealkylation sites (N-methyl/N-ethyl adjacent to an activating group) is 2. The second-order valence-electron chi connectivity index (χ2n) is 5.36. The lowest BCUT2D eigenvalue weighted by molar-refractivity contribution is 0.129. The molecule has 2 atom stereocenters. The van der Waals surface area contributed by atoms with Gasteiger partial charge in [0.25, 0.3) is 0 Å². The van der Waals surface area contributed by atoms with Crippen LogP contribution in [0.5, 0.6) is 0 Å². The van der Waals surface area contributed by atoms with Gasteiger partial charge in [0.15, 0.2) is 0 Å². The first-order valence-electron chi connectivity index (χ1n) is 6.50. The molecule has 90 valence electrons. The predicted molar refractivity (Wildman–Crippen MR) is 67.1 cm³/mol. The van der Waals surface area contributed by atoms with Crippen molar-refractivity contribution in [3.63, 3.8) is 0 Å². The SMILES string of the molecule is CCNCC(C(C)C)N(C)C(C)C1CC1. The Morgan fingerprint density at radius 3 is 2.27 bits per heavy atom. The molecule has 1 aliphatic carbocycles. The molecule has 2 heteroatoms. The van der Waals surface area contributed by atoms with E-state index in [9.17, 15) is 0 Å². The summed E-state index contributed by atoms with van der Waals surface area (Å²) in [5, 5.41) is 3.48. The standard InChI is InChI=1S/C13H28N2/c1-6-14-9-13(10(2)3)15(5)11(4)12-7-8-12/h10-14H,6-9H2,1-5H3. The third-order valence-corrected chi connectivity index (χ3v) is 3.84. The summed E-state index contributed by atoms with van der Waals surface area (Å²) in [5.74, 6) is 1.70. The van der Waals surface area contributed by atoms with Crippen molar-refractivity contribution < 1.29 is 0 Å². The van der Waals surface area contributed by atoms with Gasteiger partial charge in [0.1, 0.15) is 0 Å². The quantitative estimate of drug-likeness (QED) is 0.697. The van der Waals surface area contributed by atoms with E-state index in [1.54, 1.807) is 0 Å². The highest BCUT2D eigenvalue weighted by Crippen LogP contribution is 2.35. The molecule has 0 aliphatic heterocycles. The molecule has 0 saturated heterocycles. The Morgan fingerprint density at radius 2 is 1.87 bits per heavy atom. The zero-order chi connectivity index (χ0) is 11.4. The third-order valence-electron chi connectivity index (χ3n) is 3.84. The van der Waals surface area contributed by atoms with E-state index < -0.39 is 0 Å². The van der Waals surface area contributed by atoms with Gasteiger partial charge < -0.3 is 5.32 Å². The Bertz CT molecular complexity index is 175. The Morgan fingerprint density at radius 1 is 1.27 bits per heavy atom. The zero-order valence-electron chi connectivity index (χ0n) is 11.1. The molecule has 2 unspecified atom stereocenters. The van der Waals surface area contributed by atoms with Crippen molar-refractivity contribution in [3.8, 4) is 0 Å². The lowest BCUT2D eigenvalue weighted by atomic mass is 10.00. The third kappa shape index (κ3) is 3.76. The van der Waals surface area contributed by atoms with Gasteiger partial charge in [0.05, 0.1) is 0 Å². The van der Waals surface area contributed by atoms with E-state index in [4.69, 9.17) is 0 Å². The van der Waals surface area contributed by atoms with Gasteiger partial charge in [-0.1, -0.05) is 20.8 Å². The predicted octanol–water partition coefficient (Wildman–Crippen LogP) is 2.35. The summed E-state index contributed by atoms with van der Waals surface area (Å²) in [6, 6.07) is 1.44. The molecule has 1 saturated carbocycles. The minimum Gasteiger partial charge on any atom is -0.315 e. The fourth-order valence-corrected chi connectivity index (χ4v) is 2.36. The van der Waals surface area contributed by atoms with Crippen LogP contribution in [-0.4, -0.2) is 37.1 Å². The van der Waals surface area contributed by atoms with E-state index in [0.717, 1.165) is 31.0 Å². The van der Waals surface area contributed by atoms with E-state index in [1.165, 1.54) is 12.8 Å². The minimum absolute atomic E-state index is 0.681. The first-order valence-corrected chi connectivity index (χ1v) is 6.50. The molecule has 0 radical (unpaired) electrons. The van der Waals surface area contributed by atoms with Gasteiger partial charge in [-0.15, -0.1) is 0 Å². The van der Waals surface area contributed by atoms with Gasteiger partial charge in [-0.05, 0) is 45.2 Å². The first kappa shape index (κ1) is 13.0. The highest BCUT2D eigenvalue weighted by Gasteiger charge is 2.33. The van der Waals surface area contributed by atoms with Crippen molar-refractivity contribution >= 4 is 0 Å². The molecule has 1 aliphatic rings. The zero-order valence-corrected chi connectivity index (χ0v) is 11.1. The van der Waals surface area contributed by atoms with Crippen LogP contribution in [0.4, 0.5) is 0 Å². The smallest absolute Gasteiger partial charge is 0.0243 e. The maximum absolute atomic E-state index is 3.48. The van der Waals surface area contributed by atoms with E-state index in [2.05, 4.69) is 45.0 Å². The van der Waals surface area contributed by atoms with Gasteiger partial charge in [-0.2, -0.15) is 0 Å². The van der Waals surface area contributed by atoms with Gasteiger partial charge in [-0.25, -0.2) is 0 Å². The largest absolute Gasteiger partial charge is 0.315 e. The number of hydrogen-bond acceptors (Lipinski definition) is 2. The molecule has 1 N–H and O–H groups in total. The second kappa shape index (κ2) is 5.86. The topological polar surface area (TPSA) is 15.3 Å². The minimum atomic E-state index is 0.681.